The highest BCUT2D eigenvalue weighted by molar-refractivity contribution is 5.75. The van der Waals surface area contributed by atoms with Crippen LogP contribution in [-0.2, 0) is 17.9 Å². The summed E-state index contributed by atoms with van der Waals surface area (Å²) in [6, 6.07) is 7.55. The lowest BCUT2D eigenvalue weighted by atomic mass is 10.3. The lowest BCUT2D eigenvalue weighted by molar-refractivity contribution is -0.190. The maximum atomic E-state index is 11.9. The minimum absolute atomic E-state index is 0.124. The molecule has 0 aliphatic heterocycles. The number of nitrogens with zero attached hydrogens (tertiary/aromatic N) is 2. The first-order valence-electron chi connectivity index (χ1n) is 5.87. The number of halogens is 3. The van der Waals surface area contributed by atoms with Crippen LogP contribution in [0.5, 0.6) is 0 Å². The van der Waals surface area contributed by atoms with Crippen molar-refractivity contribution in [2.45, 2.75) is 26.2 Å². The quantitative estimate of drug-likeness (QED) is 0.672. The van der Waals surface area contributed by atoms with Crippen molar-refractivity contribution < 1.29 is 18.0 Å². The number of hydroxylamine groups is 1. The number of hydrogen-bond donors (Lipinski definition) is 1. The molecule has 1 aromatic heterocycles. The zero-order valence-corrected chi connectivity index (χ0v) is 10.4. The van der Waals surface area contributed by atoms with Crippen molar-refractivity contribution in [3.63, 3.8) is 0 Å². The molecule has 0 saturated carbocycles. The number of benzene rings is 1. The van der Waals surface area contributed by atoms with Gasteiger partial charge in [-0.25, -0.2) is 4.98 Å². The first-order chi connectivity index (χ1) is 9.01. The number of alkyl halides is 3. The van der Waals surface area contributed by atoms with E-state index in [0.717, 1.165) is 11.0 Å². The summed E-state index contributed by atoms with van der Waals surface area (Å²) in [5.41, 5.74) is 4.06. The van der Waals surface area contributed by atoms with Crippen molar-refractivity contribution in [3.8, 4) is 0 Å². The van der Waals surface area contributed by atoms with E-state index in [1.807, 2.05) is 35.8 Å². The second-order valence-corrected chi connectivity index (χ2v) is 3.99. The standard InChI is InChI=1S/C12H14F3N3O/c1-2-18-10-6-4-3-5-9(10)17-11(18)7-16-19-8-12(13,14)15/h3-6,16H,2,7-8H2,1H3. The third-order valence-corrected chi connectivity index (χ3v) is 2.62. The number of imidazole rings is 1. The van der Waals surface area contributed by atoms with Gasteiger partial charge in [0, 0.05) is 6.54 Å². The summed E-state index contributed by atoms with van der Waals surface area (Å²) in [7, 11) is 0. The van der Waals surface area contributed by atoms with E-state index in [1.54, 1.807) is 0 Å². The molecule has 0 unspecified atom stereocenters. The fraction of sp³-hybridized carbons (Fsp3) is 0.417. The molecule has 0 saturated heterocycles. The van der Waals surface area contributed by atoms with Gasteiger partial charge in [-0.05, 0) is 19.1 Å². The van der Waals surface area contributed by atoms with Gasteiger partial charge in [0.2, 0.25) is 0 Å². The fourth-order valence-corrected chi connectivity index (χ4v) is 1.86. The number of aromatic nitrogens is 2. The van der Waals surface area contributed by atoms with Crippen LogP contribution in [-0.4, -0.2) is 22.3 Å². The van der Waals surface area contributed by atoms with E-state index in [9.17, 15) is 13.2 Å². The van der Waals surface area contributed by atoms with E-state index in [2.05, 4.69) is 15.3 Å². The van der Waals surface area contributed by atoms with Crippen molar-refractivity contribution in [1.29, 1.82) is 0 Å². The molecule has 104 valence electrons. The monoisotopic (exact) mass is 273 g/mol. The molecule has 0 radical (unpaired) electrons. The first kappa shape index (κ1) is 13.8. The van der Waals surface area contributed by atoms with Crippen molar-refractivity contribution in [1.82, 2.24) is 15.0 Å². The molecule has 2 aromatic rings. The molecule has 1 aromatic carbocycles. The molecule has 0 atom stereocenters. The van der Waals surface area contributed by atoms with Crippen LogP contribution >= 0.6 is 0 Å². The number of aryl methyl sites for hydroxylation is 1. The minimum atomic E-state index is -4.34. The number of nitrogens with one attached hydrogen (secondary N) is 1. The van der Waals surface area contributed by atoms with Crippen LogP contribution in [0.2, 0.25) is 0 Å². The molecule has 1 heterocycles. The van der Waals surface area contributed by atoms with Gasteiger partial charge in [-0.2, -0.15) is 18.7 Å². The van der Waals surface area contributed by atoms with Crippen molar-refractivity contribution >= 4 is 11.0 Å². The van der Waals surface area contributed by atoms with Gasteiger partial charge in [0.05, 0.1) is 17.6 Å². The lowest BCUT2D eigenvalue weighted by Gasteiger charge is -2.09. The van der Waals surface area contributed by atoms with E-state index in [4.69, 9.17) is 0 Å². The Bertz CT molecular complexity index is 551. The molecule has 0 aliphatic carbocycles. The summed E-state index contributed by atoms with van der Waals surface area (Å²) < 4.78 is 37.7. The molecular weight excluding hydrogens is 259 g/mol. The van der Waals surface area contributed by atoms with E-state index < -0.39 is 12.8 Å². The van der Waals surface area contributed by atoms with Crippen LogP contribution in [0.15, 0.2) is 24.3 Å². The summed E-state index contributed by atoms with van der Waals surface area (Å²) in [5, 5.41) is 0. The number of fused-ring (bicyclic) bond motifs is 1. The number of hydrogen-bond acceptors (Lipinski definition) is 3. The predicted octanol–water partition coefficient (Wildman–Crippen LogP) is 2.64. The highest BCUT2D eigenvalue weighted by Gasteiger charge is 2.27. The summed E-state index contributed by atoms with van der Waals surface area (Å²) in [5.74, 6) is 0.644. The van der Waals surface area contributed by atoms with Crippen molar-refractivity contribution in [3.05, 3.63) is 30.1 Å². The summed E-state index contributed by atoms with van der Waals surface area (Å²) in [6.07, 6.45) is -4.34. The smallest absolute Gasteiger partial charge is 0.327 e. The molecule has 4 nitrogen and oxygen atoms in total. The van der Waals surface area contributed by atoms with Crippen LogP contribution in [0.3, 0.4) is 0 Å². The van der Waals surface area contributed by atoms with Gasteiger partial charge < -0.3 is 4.57 Å². The average molecular weight is 273 g/mol. The highest BCUT2D eigenvalue weighted by atomic mass is 19.4. The van der Waals surface area contributed by atoms with Crippen molar-refractivity contribution in [2.24, 2.45) is 0 Å². The number of rotatable bonds is 5. The van der Waals surface area contributed by atoms with Gasteiger partial charge in [-0.1, -0.05) is 12.1 Å². The normalized spacial score (nSPS) is 12.2. The van der Waals surface area contributed by atoms with E-state index >= 15 is 0 Å². The van der Waals surface area contributed by atoms with E-state index in [-0.39, 0.29) is 6.54 Å². The Hall–Kier alpha value is -1.60. The van der Waals surface area contributed by atoms with E-state index in [1.165, 1.54) is 0 Å². The topological polar surface area (TPSA) is 39.1 Å². The summed E-state index contributed by atoms with van der Waals surface area (Å²) in [4.78, 5) is 8.73. The Morgan fingerprint density at radius 1 is 1.32 bits per heavy atom. The second-order valence-electron chi connectivity index (χ2n) is 3.99. The third kappa shape index (κ3) is 3.45. The second kappa shape index (κ2) is 5.58. The minimum Gasteiger partial charge on any atom is -0.327 e. The average Bonchev–Trinajstić information content (AvgIpc) is 2.71. The maximum absolute atomic E-state index is 11.9. The Morgan fingerprint density at radius 2 is 2.05 bits per heavy atom. The van der Waals surface area contributed by atoms with Crippen LogP contribution < -0.4 is 5.48 Å². The summed E-state index contributed by atoms with van der Waals surface area (Å²) in [6.45, 7) is 1.45. The third-order valence-electron chi connectivity index (χ3n) is 2.62. The van der Waals surface area contributed by atoms with Crippen LogP contribution in [0, 0.1) is 0 Å². The maximum Gasteiger partial charge on any atom is 0.413 e. The SMILES string of the molecule is CCn1c(CNOCC(F)(F)F)nc2ccccc21. The molecule has 0 spiro atoms. The van der Waals surface area contributed by atoms with Gasteiger partial charge >= 0.3 is 6.18 Å². The zero-order valence-electron chi connectivity index (χ0n) is 10.4. The van der Waals surface area contributed by atoms with Crippen LogP contribution in [0.25, 0.3) is 11.0 Å². The molecule has 0 aliphatic rings. The highest BCUT2D eigenvalue weighted by Crippen LogP contribution is 2.16. The van der Waals surface area contributed by atoms with Gasteiger partial charge in [0.25, 0.3) is 0 Å². The molecular formula is C12H14F3N3O. The molecule has 19 heavy (non-hydrogen) atoms. The van der Waals surface area contributed by atoms with Gasteiger partial charge in [0.15, 0.2) is 6.61 Å². The molecule has 1 N–H and O–H groups in total. The molecule has 7 heteroatoms. The van der Waals surface area contributed by atoms with Crippen molar-refractivity contribution in [2.75, 3.05) is 6.61 Å². The Balaban J connectivity index is 2.04. The van der Waals surface area contributed by atoms with Gasteiger partial charge in [-0.15, -0.1) is 0 Å². The predicted molar refractivity (Wildman–Crippen MR) is 64.3 cm³/mol. The van der Waals surface area contributed by atoms with Crippen LogP contribution in [0.1, 0.15) is 12.7 Å². The van der Waals surface area contributed by atoms with Crippen LogP contribution in [0.4, 0.5) is 13.2 Å². The molecule has 0 fully saturated rings. The van der Waals surface area contributed by atoms with Gasteiger partial charge in [0.1, 0.15) is 5.82 Å². The molecule has 0 amide bonds. The first-order valence-corrected chi connectivity index (χ1v) is 5.87. The zero-order chi connectivity index (χ0) is 13.9. The largest absolute Gasteiger partial charge is 0.413 e. The Morgan fingerprint density at radius 3 is 2.74 bits per heavy atom. The van der Waals surface area contributed by atoms with E-state index in [0.29, 0.717) is 12.4 Å². The molecule has 0 bridgehead atoms. The Labute approximate surface area is 108 Å². The lowest BCUT2D eigenvalue weighted by Crippen LogP contribution is -2.25. The summed E-state index contributed by atoms with van der Waals surface area (Å²) >= 11 is 0. The van der Waals surface area contributed by atoms with Gasteiger partial charge in [-0.3, -0.25) is 4.84 Å². The Kier molecular flexibility index (Phi) is 4.06. The fourth-order valence-electron chi connectivity index (χ4n) is 1.86. The molecule has 2 rings (SSSR count). The number of para-hydroxylation sites is 2.